The summed E-state index contributed by atoms with van der Waals surface area (Å²) in [4.78, 5) is 20.3. The first kappa shape index (κ1) is 30.4. The average molecular weight is 576 g/mol. The topological polar surface area (TPSA) is 95.4 Å². The summed E-state index contributed by atoms with van der Waals surface area (Å²) in [6, 6.07) is 6.65. The number of aliphatic hydroxyl groups excluding tert-OH is 1. The van der Waals surface area contributed by atoms with Crippen LogP contribution in [0.5, 0.6) is 11.5 Å². The lowest BCUT2D eigenvalue weighted by atomic mass is 9.71. The molecule has 3 aromatic rings. The van der Waals surface area contributed by atoms with E-state index < -0.39 is 40.7 Å². The summed E-state index contributed by atoms with van der Waals surface area (Å²) in [6.07, 6.45) is 2.86. The number of aliphatic carboxylic acids is 1. The maximum atomic E-state index is 13.9. The third kappa shape index (κ3) is 7.20. The highest BCUT2D eigenvalue weighted by atomic mass is 19.1. The third-order valence-corrected chi connectivity index (χ3v) is 7.92. The number of aliphatic hydroxyl groups is 1. The van der Waals surface area contributed by atoms with Crippen LogP contribution >= 0.6 is 0 Å². The Kier molecular flexibility index (Phi) is 9.60. The van der Waals surface area contributed by atoms with Crippen molar-refractivity contribution in [1.29, 1.82) is 0 Å². The second-order valence-electron chi connectivity index (χ2n) is 10.8. The number of hydrogen-bond donors (Lipinski definition) is 2. The van der Waals surface area contributed by atoms with E-state index in [1.807, 2.05) is 42.1 Å². The van der Waals surface area contributed by atoms with Crippen molar-refractivity contribution >= 4 is 22.6 Å². The number of carbonyl (C=O) groups is 1. The molecule has 41 heavy (non-hydrogen) atoms. The van der Waals surface area contributed by atoms with Gasteiger partial charge in [-0.15, -0.1) is 0 Å². The van der Waals surface area contributed by atoms with Crippen molar-refractivity contribution in [2.75, 3.05) is 52.3 Å². The molecule has 11 heteroatoms. The van der Waals surface area contributed by atoms with Gasteiger partial charge in [-0.3, -0.25) is 14.7 Å². The van der Waals surface area contributed by atoms with Gasteiger partial charge in [0, 0.05) is 43.7 Å². The Balaban J connectivity index is 1.43. The molecule has 1 atom stereocenters. The van der Waals surface area contributed by atoms with Crippen LogP contribution in [0.15, 0.2) is 36.5 Å². The molecule has 2 heterocycles. The number of pyridine rings is 1. The minimum absolute atomic E-state index is 0.00396. The molecular weight excluding hydrogens is 539 g/mol. The summed E-state index contributed by atoms with van der Waals surface area (Å²) >= 11 is 0. The molecule has 4 rings (SSSR count). The quantitative estimate of drug-likeness (QED) is 0.305. The van der Waals surface area contributed by atoms with Crippen molar-refractivity contribution in [2.24, 2.45) is 5.41 Å². The van der Waals surface area contributed by atoms with Gasteiger partial charge in [0.1, 0.15) is 18.2 Å². The predicted octanol–water partition coefficient (Wildman–Crippen LogP) is 5.18. The fourth-order valence-electron chi connectivity index (χ4n) is 5.63. The molecular formula is C30H36F3N3O5. The van der Waals surface area contributed by atoms with Gasteiger partial charge in [-0.2, -0.15) is 0 Å². The highest BCUT2D eigenvalue weighted by Gasteiger charge is 2.37. The number of benzene rings is 2. The first-order chi connectivity index (χ1) is 19.5. The van der Waals surface area contributed by atoms with E-state index in [1.54, 1.807) is 13.3 Å². The van der Waals surface area contributed by atoms with Gasteiger partial charge >= 0.3 is 5.97 Å². The van der Waals surface area contributed by atoms with Gasteiger partial charge in [0.05, 0.1) is 37.0 Å². The number of hydrogen-bond acceptors (Lipinski definition) is 7. The summed E-state index contributed by atoms with van der Waals surface area (Å²) in [7, 11) is 5.33. The van der Waals surface area contributed by atoms with Gasteiger partial charge in [0.25, 0.3) is 0 Å². The molecule has 0 unspecified atom stereocenters. The smallest absolute Gasteiger partial charge is 0.303 e. The Morgan fingerprint density at radius 2 is 1.83 bits per heavy atom. The minimum Gasteiger partial charge on any atom is -0.497 e. The maximum absolute atomic E-state index is 13.9. The summed E-state index contributed by atoms with van der Waals surface area (Å²) in [6.45, 7) is 1.51. The van der Waals surface area contributed by atoms with Gasteiger partial charge in [-0.25, -0.2) is 13.2 Å². The van der Waals surface area contributed by atoms with Crippen molar-refractivity contribution < 1.29 is 37.7 Å². The number of carboxylic acids is 1. The minimum atomic E-state index is -1.10. The highest BCUT2D eigenvalue weighted by molar-refractivity contribution is 5.88. The zero-order chi connectivity index (χ0) is 29.7. The molecule has 1 aliphatic rings. The van der Waals surface area contributed by atoms with E-state index >= 15 is 0 Å². The average Bonchev–Trinajstić information content (AvgIpc) is 2.92. The van der Waals surface area contributed by atoms with Crippen LogP contribution in [0.2, 0.25) is 0 Å². The van der Waals surface area contributed by atoms with Crippen molar-refractivity contribution in [3.63, 3.8) is 0 Å². The predicted molar refractivity (Wildman–Crippen MR) is 149 cm³/mol. The number of ether oxygens (including phenoxy) is 2. The summed E-state index contributed by atoms with van der Waals surface area (Å²) in [5.41, 5.74) is 1.70. The van der Waals surface area contributed by atoms with Gasteiger partial charge in [0.15, 0.2) is 17.4 Å². The zero-order valence-electron chi connectivity index (χ0n) is 23.5. The molecule has 0 radical (unpaired) electrons. The molecule has 222 valence electrons. The van der Waals surface area contributed by atoms with Crippen LogP contribution in [0, 0.1) is 22.9 Å². The van der Waals surface area contributed by atoms with Crippen molar-refractivity contribution in [3.05, 3.63) is 59.5 Å². The van der Waals surface area contributed by atoms with E-state index in [0.717, 1.165) is 22.2 Å². The van der Waals surface area contributed by atoms with Crippen LogP contribution < -0.4 is 14.4 Å². The van der Waals surface area contributed by atoms with Crippen LogP contribution in [0.3, 0.4) is 0 Å². The van der Waals surface area contributed by atoms with Gasteiger partial charge < -0.3 is 24.6 Å². The van der Waals surface area contributed by atoms with Crippen LogP contribution in [0.1, 0.15) is 43.8 Å². The molecule has 1 fully saturated rings. The van der Waals surface area contributed by atoms with Crippen molar-refractivity contribution in [1.82, 2.24) is 9.88 Å². The Morgan fingerprint density at radius 3 is 2.44 bits per heavy atom. The Morgan fingerprint density at radius 1 is 1.15 bits per heavy atom. The standard InChI is InChI=1S/C30H36F3N3O5/c1-35(2)25-18-34-24-5-4-20(40-3)16-21(24)28(25)26(37)6-7-30(17-27(38)39)8-10-36(11-9-30)12-13-41-29-22(32)14-19(31)15-23(29)33/h4-5,14-16,18,26,37H,6-13,17H2,1-3H3,(H,38,39)/t26-/m1/s1. The lowest BCUT2D eigenvalue weighted by Crippen LogP contribution is -2.42. The number of fused-ring (bicyclic) bond motifs is 1. The number of methoxy groups -OCH3 is 1. The fraction of sp³-hybridized carbons (Fsp3) is 0.467. The number of halogens is 3. The number of nitrogens with zero attached hydrogens (tertiary/aromatic N) is 3. The lowest BCUT2D eigenvalue weighted by Gasteiger charge is -2.41. The van der Waals surface area contributed by atoms with Crippen molar-refractivity contribution in [2.45, 2.75) is 38.2 Å². The van der Waals surface area contributed by atoms with Crippen LogP contribution in [-0.4, -0.2) is 73.5 Å². The maximum Gasteiger partial charge on any atom is 0.303 e. The van der Waals surface area contributed by atoms with E-state index in [-0.39, 0.29) is 13.0 Å². The molecule has 0 bridgehead atoms. The molecule has 8 nitrogen and oxygen atoms in total. The lowest BCUT2D eigenvalue weighted by molar-refractivity contribution is -0.141. The summed E-state index contributed by atoms with van der Waals surface area (Å²) in [5.74, 6) is -4.08. The SMILES string of the molecule is COc1ccc2ncc(N(C)C)c([C@H](O)CCC3(CC(=O)O)CCN(CCOc4c(F)cc(F)cc4F)CC3)c2c1. The van der Waals surface area contributed by atoms with Crippen molar-refractivity contribution in [3.8, 4) is 11.5 Å². The van der Waals surface area contributed by atoms with E-state index in [2.05, 4.69) is 4.98 Å². The van der Waals surface area contributed by atoms with Gasteiger partial charge in [0.2, 0.25) is 0 Å². The monoisotopic (exact) mass is 575 g/mol. The van der Waals surface area contributed by atoms with E-state index in [1.165, 1.54) is 0 Å². The fourth-order valence-corrected chi connectivity index (χ4v) is 5.63. The molecule has 2 N–H and O–H groups in total. The molecule has 0 amide bonds. The molecule has 1 saturated heterocycles. The number of likely N-dealkylation sites (tertiary alicyclic amines) is 1. The molecule has 0 aliphatic carbocycles. The van der Waals surface area contributed by atoms with Gasteiger partial charge in [-0.1, -0.05) is 0 Å². The Labute approximate surface area is 237 Å². The summed E-state index contributed by atoms with van der Waals surface area (Å²) < 4.78 is 51.5. The first-order valence-corrected chi connectivity index (χ1v) is 13.6. The summed E-state index contributed by atoms with van der Waals surface area (Å²) in [5, 5.41) is 22.0. The van der Waals surface area contributed by atoms with E-state index in [0.29, 0.717) is 63.2 Å². The van der Waals surface area contributed by atoms with E-state index in [4.69, 9.17) is 9.47 Å². The highest BCUT2D eigenvalue weighted by Crippen LogP contribution is 2.43. The van der Waals surface area contributed by atoms with Crippen LogP contribution in [0.4, 0.5) is 18.9 Å². The van der Waals surface area contributed by atoms with E-state index in [9.17, 15) is 28.2 Å². The van der Waals surface area contributed by atoms with Gasteiger partial charge in [-0.05, 0) is 62.4 Å². The Hall–Kier alpha value is -3.57. The second-order valence-corrected chi connectivity index (χ2v) is 10.8. The molecule has 2 aromatic carbocycles. The number of anilines is 1. The zero-order valence-corrected chi connectivity index (χ0v) is 23.5. The number of rotatable bonds is 12. The normalized spacial score (nSPS) is 16.0. The molecule has 0 spiro atoms. The third-order valence-electron chi connectivity index (χ3n) is 7.92. The number of carboxylic acid groups (broad SMARTS) is 1. The largest absolute Gasteiger partial charge is 0.497 e. The molecule has 1 aromatic heterocycles. The van der Waals surface area contributed by atoms with Crippen LogP contribution in [0.25, 0.3) is 10.9 Å². The molecule has 1 aliphatic heterocycles. The first-order valence-electron chi connectivity index (χ1n) is 13.6. The van der Waals surface area contributed by atoms with Crippen LogP contribution in [-0.2, 0) is 4.79 Å². The number of piperidine rings is 1. The second kappa shape index (κ2) is 12.9. The number of aromatic nitrogens is 1. The Bertz CT molecular complexity index is 1360. The molecule has 0 saturated carbocycles.